The topological polar surface area (TPSA) is 75.7 Å². The molecule has 0 aromatic heterocycles. The fourth-order valence-corrected chi connectivity index (χ4v) is 1.30. The quantitative estimate of drug-likeness (QED) is 0.330. The van der Waals surface area contributed by atoms with Crippen LogP contribution >= 0.6 is 0 Å². The molecule has 0 unspecified atom stereocenters. The molecule has 14 heavy (non-hydrogen) atoms. The standard InChI is InChI=1S/C6H10O5S.2K.2H/c1-10-5(7)3-12(9)4-6(8)11-2;;;;/h3-4H2,1-2H3;;;;. The van der Waals surface area contributed by atoms with E-state index in [1.165, 1.54) is 14.2 Å². The van der Waals surface area contributed by atoms with Gasteiger partial charge in [0.2, 0.25) is 11.5 Å². The molecule has 0 spiro atoms. The van der Waals surface area contributed by atoms with Crippen molar-refractivity contribution in [2.45, 2.75) is 0 Å². The van der Waals surface area contributed by atoms with E-state index in [-0.39, 0.29) is 114 Å². The first kappa shape index (κ1) is 21.8. The van der Waals surface area contributed by atoms with E-state index in [1.54, 1.807) is 0 Å². The fourth-order valence-electron chi connectivity index (χ4n) is 0.432. The van der Waals surface area contributed by atoms with Gasteiger partial charge in [-0.05, 0) is 11.2 Å². The zero-order chi connectivity index (χ0) is 9.56. The summed E-state index contributed by atoms with van der Waals surface area (Å²) in [5.41, 5.74) is 0. The first-order valence-electron chi connectivity index (χ1n) is 3.08. The number of ether oxygens (including phenoxy) is 2. The molecule has 0 aromatic carbocycles. The SMILES string of the molecule is COC(=O)C[S+]([O-])CC(=O)OC.[KH].[KH]. The van der Waals surface area contributed by atoms with E-state index >= 15 is 0 Å². The van der Waals surface area contributed by atoms with Gasteiger partial charge in [0.15, 0.2) is 0 Å². The monoisotopic (exact) mass is 274 g/mol. The van der Waals surface area contributed by atoms with Gasteiger partial charge in [0.25, 0.3) is 0 Å². The average Bonchev–Trinajstić information content (AvgIpc) is 2.03. The molecule has 0 aliphatic carbocycles. The Bertz CT molecular complexity index is 160. The first-order valence-corrected chi connectivity index (χ1v) is 4.57. The minimum atomic E-state index is -1.53. The van der Waals surface area contributed by atoms with E-state index in [4.69, 9.17) is 0 Å². The van der Waals surface area contributed by atoms with E-state index in [1.807, 2.05) is 0 Å². The van der Waals surface area contributed by atoms with Gasteiger partial charge >= 0.3 is 115 Å². The molecule has 0 saturated carbocycles. The molecule has 0 aliphatic rings. The second-order valence-electron chi connectivity index (χ2n) is 1.88. The van der Waals surface area contributed by atoms with Crippen molar-refractivity contribution in [2.24, 2.45) is 0 Å². The number of carbonyl (C=O) groups is 2. The predicted octanol–water partition coefficient (Wildman–Crippen LogP) is -2.22. The Morgan fingerprint density at radius 3 is 1.57 bits per heavy atom. The average molecular weight is 274 g/mol. The molecule has 0 N–H and O–H groups in total. The van der Waals surface area contributed by atoms with Gasteiger partial charge in [0, 0.05) is 0 Å². The molecule has 0 heterocycles. The summed E-state index contributed by atoms with van der Waals surface area (Å²) in [7, 11) is 2.38. The van der Waals surface area contributed by atoms with Gasteiger partial charge in [-0.1, -0.05) is 0 Å². The van der Waals surface area contributed by atoms with Gasteiger partial charge < -0.3 is 14.0 Å². The van der Waals surface area contributed by atoms with Crippen molar-refractivity contribution in [3.8, 4) is 0 Å². The third-order valence-electron chi connectivity index (χ3n) is 1.01. The molecule has 0 saturated heterocycles. The Morgan fingerprint density at radius 2 is 1.36 bits per heavy atom. The molecule has 74 valence electrons. The molecule has 0 amide bonds. The van der Waals surface area contributed by atoms with Crippen molar-refractivity contribution in [3.63, 3.8) is 0 Å². The third kappa shape index (κ3) is 12.6. The van der Waals surface area contributed by atoms with Crippen LogP contribution in [0.3, 0.4) is 0 Å². The molecule has 0 rings (SSSR count). The van der Waals surface area contributed by atoms with Crippen LogP contribution in [0.4, 0.5) is 0 Å². The van der Waals surface area contributed by atoms with Gasteiger partial charge in [-0.15, -0.1) is 0 Å². The van der Waals surface area contributed by atoms with Gasteiger partial charge in [-0.2, -0.15) is 0 Å². The summed E-state index contributed by atoms with van der Waals surface area (Å²) in [6, 6.07) is 0. The van der Waals surface area contributed by atoms with E-state index < -0.39 is 23.1 Å². The Labute approximate surface area is 171 Å². The normalized spacial score (nSPS) is 8.29. The molecule has 8 heteroatoms. The van der Waals surface area contributed by atoms with Gasteiger partial charge in [-0.25, -0.2) is 9.59 Å². The Hall–Kier alpha value is 2.52. The predicted molar refractivity (Wildman–Crippen MR) is 56.2 cm³/mol. The molecular weight excluding hydrogens is 262 g/mol. The number of hydrogen-bond donors (Lipinski definition) is 0. The molecule has 0 radical (unpaired) electrons. The van der Waals surface area contributed by atoms with E-state index in [0.717, 1.165) is 0 Å². The van der Waals surface area contributed by atoms with Crippen molar-refractivity contribution in [1.29, 1.82) is 0 Å². The molecule has 0 bridgehead atoms. The van der Waals surface area contributed by atoms with Gasteiger partial charge in [0.1, 0.15) is 0 Å². The molecule has 0 atom stereocenters. The van der Waals surface area contributed by atoms with Crippen LogP contribution in [0.2, 0.25) is 0 Å². The van der Waals surface area contributed by atoms with E-state index in [0.29, 0.717) is 0 Å². The molecule has 5 nitrogen and oxygen atoms in total. The number of hydrogen-bond acceptors (Lipinski definition) is 5. The number of carbonyl (C=O) groups excluding carboxylic acids is 2. The van der Waals surface area contributed by atoms with Crippen molar-refractivity contribution in [2.75, 3.05) is 25.7 Å². The van der Waals surface area contributed by atoms with Crippen LogP contribution in [0, 0.1) is 0 Å². The maximum absolute atomic E-state index is 10.9. The zero-order valence-electron chi connectivity index (χ0n) is 6.86. The second kappa shape index (κ2) is 13.6. The Balaban J connectivity index is -0.000000605. The fraction of sp³-hybridized carbons (Fsp3) is 0.667. The minimum absolute atomic E-state index is 0. The van der Waals surface area contributed by atoms with Crippen LogP contribution in [-0.2, 0) is 30.2 Å². The summed E-state index contributed by atoms with van der Waals surface area (Å²) < 4.78 is 19.4. The van der Waals surface area contributed by atoms with Crippen molar-refractivity contribution in [1.82, 2.24) is 0 Å². The Morgan fingerprint density at radius 1 is 1.07 bits per heavy atom. The van der Waals surface area contributed by atoms with Crippen LogP contribution < -0.4 is 0 Å². The molecule has 0 fully saturated rings. The molecule has 0 aliphatic heterocycles. The summed E-state index contributed by atoms with van der Waals surface area (Å²) in [4.78, 5) is 21.0. The van der Waals surface area contributed by atoms with Crippen LogP contribution in [0.5, 0.6) is 0 Å². The second-order valence-corrected chi connectivity index (χ2v) is 3.34. The van der Waals surface area contributed by atoms with Gasteiger partial charge in [0.05, 0.1) is 14.2 Å². The Kier molecular flexibility index (Phi) is 21.1. The van der Waals surface area contributed by atoms with Crippen molar-refractivity contribution < 1.29 is 23.6 Å². The number of methoxy groups -OCH3 is 2. The number of rotatable bonds is 4. The summed E-state index contributed by atoms with van der Waals surface area (Å²) in [5, 5.41) is 0. The third-order valence-corrected chi connectivity index (χ3v) is 2.13. The number of esters is 2. The van der Waals surface area contributed by atoms with Crippen LogP contribution in [0.15, 0.2) is 0 Å². The summed E-state index contributed by atoms with van der Waals surface area (Å²) in [6.07, 6.45) is 0. The van der Waals surface area contributed by atoms with Crippen LogP contribution in [0.1, 0.15) is 0 Å². The summed E-state index contributed by atoms with van der Waals surface area (Å²) in [5.74, 6) is -1.74. The van der Waals surface area contributed by atoms with Gasteiger partial charge in [-0.3, -0.25) is 0 Å². The van der Waals surface area contributed by atoms with Crippen LogP contribution in [0.25, 0.3) is 0 Å². The summed E-state index contributed by atoms with van der Waals surface area (Å²) >= 11 is -1.53. The van der Waals surface area contributed by atoms with Crippen LogP contribution in [-0.4, -0.2) is 145 Å². The molecule has 0 aromatic rings. The molecular formula is C6H12K2O5S. The van der Waals surface area contributed by atoms with Crippen molar-refractivity contribution >= 4 is 126 Å². The zero-order valence-corrected chi connectivity index (χ0v) is 7.68. The van der Waals surface area contributed by atoms with E-state index in [2.05, 4.69) is 9.47 Å². The maximum atomic E-state index is 10.9. The summed E-state index contributed by atoms with van der Waals surface area (Å²) in [6.45, 7) is 0. The first-order chi connectivity index (χ1) is 5.60. The van der Waals surface area contributed by atoms with Crippen molar-refractivity contribution in [3.05, 3.63) is 0 Å². The van der Waals surface area contributed by atoms with E-state index in [9.17, 15) is 14.1 Å².